The van der Waals surface area contributed by atoms with Crippen molar-refractivity contribution in [2.45, 2.75) is 52.4 Å². The normalized spacial score (nSPS) is 12.9. The van der Waals surface area contributed by atoms with Crippen LogP contribution in [0.25, 0.3) is 64.2 Å². The van der Waals surface area contributed by atoms with Gasteiger partial charge in [0.25, 0.3) is 0 Å². The van der Waals surface area contributed by atoms with Gasteiger partial charge in [0.2, 0.25) is 7.28 Å². The highest BCUT2D eigenvalue weighted by molar-refractivity contribution is 7.26. The summed E-state index contributed by atoms with van der Waals surface area (Å²) in [7, 11) is 0.652. The molecule has 2 aromatic heterocycles. The van der Waals surface area contributed by atoms with Gasteiger partial charge in [-0.3, -0.25) is 0 Å². The van der Waals surface area contributed by atoms with Crippen LogP contribution in [0.1, 0.15) is 52.7 Å². The average Bonchev–Trinajstić information content (AvgIpc) is 3.83. The quantitative estimate of drug-likeness (QED) is 0.176. The molecule has 61 heavy (non-hydrogen) atoms. The molecule has 5 heteroatoms. The molecule has 0 amide bonds. The molecule has 0 spiro atoms. The van der Waals surface area contributed by atoms with Crippen LogP contribution in [0.5, 0.6) is 0 Å². The maximum atomic E-state index is 6.95. The van der Waals surface area contributed by atoms with Crippen molar-refractivity contribution in [3.8, 4) is 22.3 Å². The van der Waals surface area contributed by atoms with E-state index >= 15 is 0 Å². The van der Waals surface area contributed by atoms with Crippen molar-refractivity contribution >= 4 is 100 Å². The summed E-state index contributed by atoms with van der Waals surface area (Å²) in [5.41, 5.74) is 16.1. The van der Waals surface area contributed by atoms with Crippen LogP contribution in [0.2, 0.25) is 0 Å². The van der Waals surface area contributed by atoms with E-state index in [1.165, 1.54) is 75.5 Å². The van der Waals surface area contributed by atoms with Crippen molar-refractivity contribution in [1.82, 2.24) is 0 Å². The van der Waals surface area contributed by atoms with Crippen molar-refractivity contribution in [3.63, 3.8) is 0 Å². The van der Waals surface area contributed by atoms with Gasteiger partial charge in [0, 0.05) is 48.1 Å². The number of nitrogens with zero attached hydrogens (tertiary/aromatic N) is 1. The van der Waals surface area contributed by atoms with Gasteiger partial charge in [-0.2, -0.15) is 0 Å². The number of thiophene rings is 1. The van der Waals surface area contributed by atoms with E-state index in [0.29, 0.717) is 7.28 Å². The third kappa shape index (κ3) is 6.25. The van der Waals surface area contributed by atoms with Crippen LogP contribution in [-0.4, -0.2) is 7.28 Å². The van der Waals surface area contributed by atoms with E-state index in [1.807, 2.05) is 11.3 Å². The predicted octanol–water partition coefficient (Wildman–Crippen LogP) is 14.8. The monoisotopic (exact) mass is 806 g/mol. The molecular formula is C56H47BN2OS. The van der Waals surface area contributed by atoms with Crippen molar-refractivity contribution in [3.05, 3.63) is 175 Å². The van der Waals surface area contributed by atoms with E-state index in [9.17, 15) is 0 Å². The first-order chi connectivity index (χ1) is 29.5. The van der Waals surface area contributed by atoms with E-state index in [-0.39, 0.29) is 10.8 Å². The molecule has 0 aliphatic carbocycles. The number of benzene rings is 8. The van der Waals surface area contributed by atoms with Gasteiger partial charge in [-0.25, -0.2) is 0 Å². The van der Waals surface area contributed by atoms with Gasteiger partial charge >= 0.3 is 0 Å². The van der Waals surface area contributed by atoms with E-state index in [1.54, 1.807) is 0 Å². The molecule has 3 nitrogen and oxygen atoms in total. The SMILES string of the molecule is CC(C)(C)c1ccc(Nc2c(-c3c4c(cc5ccccc35)N(c3ccc(C(C)(C)C)cc3-c3ccccc3)c3c(oc5ccccc35)B4)ccc3sc4ccccc4c23)cc1. The standard InChI is InChI=1S/C56H47BN2OS/c1-55(2,3)36-24-27-38(28-25-36)58-52-42(29-31-48-50(52)41-21-13-15-23-47(41)61-48)49-39-19-11-10-18-35(39)32-45-51(49)57-54-53(40-20-12-14-22-46(40)60-54)59(45)44-30-26-37(56(4,5)6)33-43(44)34-16-8-7-9-17-34/h7-33,57-58H,1-6H3. The zero-order valence-electron chi connectivity index (χ0n) is 35.6. The van der Waals surface area contributed by atoms with Gasteiger partial charge in [-0.05, 0) is 104 Å². The number of furan rings is 1. The Kier molecular flexibility index (Phi) is 8.60. The molecule has 0 bridgehead atoms. The smallest absolute Gasteiger partial charge is 0.244 e. The summed E-state index contributed by atoms with van der Waals surface area (Å²) < 4.78 is 9.50. The van der Waals surface area contributed by atoms with Crippen molar-refractivity contribution < 1.29 is 4.42 Å². The second kappa shape index (κ2) is 14.0. The summed E-state index contributed by atoms with van der Waals surface area (Å²) in [6.45, 7) is 13.7. The molecule has 296 valence electrons. The molecule has 3 heterocycles. The number of anilines is 5. The molecule has 0 atom stereocenters. The van der Waals surface area contributed by atoms with E-state index in [0.717, 1.165) is 39.4 Å². The number of nitrogens with one attached hydrogen (secondary N) is 1. The van der Waals surface area contributed by atoms with Gasteiger partial charge in [0.05, 0.1) is 22.7 Å². The molecule has 1 aliphatic heterocycles. The Bertz CT molecular complexity index is 3330. The molecule has 0 radical (unpaired) electrons. The van der Waals surface area contributed by atoms with E-state index in [4.69, 9.17) is 4.42 Å². The molecule has 10 aromatic rings. The Hall–Kier alpha value is -6.56. The lowest BCUT2D eigenvalue weighted by Gasteiger charge is -2.35. The highest BCUT2D eigenvalue weighted by Gasteiger charge is 2.35. The fourth-order valence-electron chi connectivity index (χ4n) is 9.44. The number of fused-ring (bicyclic) bond motifs is 8. The molecule has 0 unspecified atom stereocenters. The summed E-state index contributed by atoms with van der Waals surface area (Å²) in [5.74, 6) is 0. The van der Waals surface area contributed by atoms with E-state index < -0.39 is 0 Å². The molecule has 1 aliphatic rings. The van der Waals surface area contributed by atoms with Crippen LogP contribution in [0.4, 0.5) is 28.4 Å². The lowest BCUT2D eigenvalue weighted by atomic mass is 9.60. The minimum atomic E-state index is -0.0281. The number of hydrogen-bond acceptors (Lipinski definition) is 4. The maximum Gasteiger partial charge on any atom is 0.244 e. The summed E-state index contributed by atoms with van der Waals surface area (Å²) in [6.07, 6.45) is 0. The zero-order chi connectivity index (χ0) is 41.6. The second-order valence-corrected chi connectivity index (χ2v) is 19.7. The van der Waals surface area contributed by atoms with Gasteiger partial charge in [0.1, 0.15) is 5.58 Å². The molecule has 0 saturated carbocycles. The highest BCUT2D eigenvalue weighted by Crippen LogP contribution is 2.50. The molecule has 0 fully saturated rings. The van der Waals surface area contributed by atoms with Gasteiger partial charge in [0.15, 0.2) is 0 Å². The van der Waals surface area contributed by atoms with Gasteiger partial charge in [-0.1, -0.05) is 151 Å². The molecule has 0 saturated heterocycles. The minimum absolute atomic E-state index is 0.0281. The lowest BCUT2D eigenvalue weighted by Crippen LogP contribution is -2.40. The number of rotatable bonds is 5. The van der Waals surface area contributed by atoms with Crippen LogP contribution >= 0.6 is 11.3 Å². The molecular weight excluding hydrogens is 760 g/mol. The Morgan fingerprint density at radius 1 is 0.557 bits per heavy atom. The summed E-state index contributed by atoms with van der Waals surface area (Å²) in [5, 5.41) is 10.1. The van der Waals surface area contributed by atoms with Crippen molar-refractivity contribution in [2.24, 2.45) is 0 Å². The molecule has 1 N–H and O–H groups in total. The van der Waals surface area contributed by atoms with Crippen LogP contribution < -0.4 is 21.3 Å². The second-order valence-electron chi connectivity index (χ2n) is 18.6. The predicted molar refractivity (Wildman–Crippen MR) is 266 cm³/mol. The summed E-state index contributed by atoms with van der Waals surface area (Å²) >= 11 is 1.86. The van der Waals surface area contributed by atoms with Crippen molar-refractivity contribution in [1.29, 1.82) is 0 Å². The number of hydrogen-bond donors (Lipinski definition) is 1. The fourth-order valence-corrected chi connectivity index (χ4v) is 10.6. The molecule has 11 rings (SSSR count). The summed E-state index contributed by atoms with van der Waals surface area (Å²) in [4.78, 5) is 2.52. The van der Waals surface area contributed by atoms with Crippen molar-refractivity contribution in [2.75, 3.05) is 10.2 Å². The van der Waals surface area contributed by atoms with Crippen LogP contribution in [0.3, 0.4) is 0 Å². The average molecular weight is 807 g/mol. The zero-order valence-corrected chi connectivity index (χ0v) is 36.4. The third-order valence-electron chi connectivity index (χ3n) is 12.6. The first-order valence-corrected chi connectivity index (χ1v) is 22.2. The first-order valence-electron chi connectivity index (χ1n) is 21.4. The maximum absolute atomic E-state index is 6.95. The summed E-state index contributed by atoms with van der Waals surface area (Å²) in [6, 6.07) is 60.4. The Morgan fingerprint density at radius 2 is 1.23 bits per heavy atom. The first kappa shape index (κ1) is 37.4. The lowest BCUT2D eigenvalue weighted by molar-refractivity contribution is 0.590. The Morgan fingerprint density at radius 3 is 2.00 bits per heavy atom. The minimum Gasteiger partial charge on any atom is -0.469 e. The molecule has 8 aromatic carbocycles. The number of para-hydroxylation sites is 1. The highest BCUT2D eigenvalue weighted by atomic mass is 32.1. The van der Waals surface area contributed by atoms with E-state index in [2.05, 4.69) is 216 Å². The van der Waals surface area contributed by atoms with Crippen LogP contribution in [0.15, 0.2) is 168 Å². The Labute approximate surface area is 362 Å². The van der Waals surface area contributed by atoms with Gasteiger partial charge < -0.3 is 14.6 Å². The van der Waals surface area contributed by atoms with Gasteiger partial charge in [-0.15, -0.1) is 11.3 Å². The van der Waals surface area contributed by atoms with Crippen LogP contribution in [0, 0.1) is 0 Å². The Balaban J connectivity index is 1.23. The topological polar surface area (TPSA) is 28.4 Å². The van der Waals surface area contributed by atoms with Crippen LogP contribution in [-0.2, 0) is 10.8 Å². The largest absolute Gasteiger partial charge is 0.469 e. The fraction of sp³-hybridized carbons (Fsp3) is 0.143. The third-order valence-corrected chi connectivity index (χ3v) is 13.7.